The third kappa shape index (κ3) is 3.17. The monoisotopic (exact) mass is 224 g/mol. The Morgan fingerprint density at radius 2 is 2.19 bits per heavy atom. The van der Waals surface area contributed by atoms with Crippen LogP contribution < -0.4 is 4.74 Å². The zero-order chi connectivity index (χ0) is 11.2. The van der Waals surface area contributed by atoms with Crippen molar-refractivity contribution < 1.29 is 9.13 Å². The molecule has 3 nitrogen and oxygen atoms in total. The van der Waals surface area contributed by atoms with E-state index in [4.69, 9.17) is 4.74 Å². The second-order valence-electron chi connectivity index (χ2n) is 4.02. The van der Waals surface area contributed by atoms with Gasteiger partial charge in [0.1, 0.15) is 12.8 Å². The third-order valence-electron chi connectivity index (χ3n) is 2.86. The number of alkyl halides is 1. The van der Waals surface area contributed by atoms with Crippen molar-refractivity contribution in [2.45, 2.75) is 18.9 Å². The maximum absolute atomic E-state index is 12.1. The smallest absolute Gasteiger partial charge is 0.213 e. The molecule has 0 saturated carbocycles. The van der Waals surface area contributed by atoms with Gasteiger partial charge in [-0.05, 0) is 18.9 Å². The minimum absolute atomic E-state index is 0.228. The van der Waals surface area contributed by atoms with Crippen molar-refractivity contribution in [3.63, 3.8) is 0 Å². The molecular formula is C12H17FN2O. The van der Waals surface area contributed by atoms with Crippen molar-refractivity contribution in [2.75, 3.05) is 26.3 Å². The molecule has 1 aliphatic rings. The second-order valence-corrected chi connectivity index (χ2v) is 4.02. The Hall–Kier alpha value is -1.16. The van der Waals surface area contributed by atoms with Gasteiger partial charge in [0.15, 0.2) is 0 Å². The maximum atomic E-state index is 12.1. The molecule has 0 amide bonds. The van der Waals surface area contributed by atoms with E-state index >= 15 is 0 Å². The normalized spacial score (nSPS) is 18.6. The lowest BCUT2D eigenvalue weighted by molar-refractivity contribution is 0.0934. The van der Waals surface area contributed by atoms with Crippen LogP contribution in [-0.4, -0.2) is 42.3 Å². The average molecular weight is 224 g/mol. The number of rotatable bonds is 4. The summed E-state index contributed by atoms with van der Waals surface area (Å²) in [4.78, 5) is 6.27. The van der Waals surface area contributed by atoms with Gasteiger partial charge in [-0.3, -0.25) is 0 Å². The Morgan fingerprint density at radius 3 is 2.81 bits per heavy atom. The number of ether oxygens (including phenoxy) is 1. The lowest BCUT2D eigenvalue weighted by atomic mass is 10.1. The van der Waals surface area contributed by atoms with E-state index in [0.717, 1.165) is 25.9 Å². The number of piperidine rings is 1. The van der Waals surface area contributed by atoms with Crippen molar-refractivity contribution in [3.8, 4) is 5.88 Å². The van der Waals surface area contributed by atoms with Crippen LogP contribution in [0.15, 0.2) is 24.4 Å². The van der Waals surface area contributed by atoms with Crippen molar-refractivity contribution in [3.05, 3.63) is 24.4 Å². The molecule has 0 bridgehead atoms. The van der Waals surface area contributed by atoms with Crippen molar-refractivity contribution in [2.24, 2.45) is 0 Å². The molecule has 0 N–H and O–H groups in total. The van der Waals surface area contributed by atoms with Crippen LogP contribution in [0.25, 0.3) is 0 Å². The molecule has 0 radical (unpaired) electrons. The molecule has 1 aromatic heterocycles. The summed E-state index contributed by atoms with van der Waals surface area (Å²) in [7, 11) is 0. The van der Waals surface area contributed by atoms with E-state index in [1.165, 1.54) is 0 Å². The van der Waals surface area contributed by atoms with E-state index in [1.54, 1.807) is 6.20 Å². The molecule has 16 heavy (non-hydrogen) atoms. The Bertz CT molecular complexity index is 299. The molecule has 88 valence electrons. The molecule has 0 unspecified atom stereocenters. The van der Waals surface area contributed by atoms with Crippen molar-refractivity contribution in [1.29, 1.82) is 0 Å². The van der Waals surface area contributed by atoms with Gasteiger partial charge in [0.05, 0.1) is 0 Å². The standard InChI is InChI=1S/C12H17FN2O/c13-6-10-15-8-4-11(5-9-15)16-12-3-1-2-7-14-12/h1-3,7,11H,4-6,8-10H2. The Balaban J connectivity index is 1.77. The number of likely N-dealkylation sites (tertiary alicyclic amines) is 1. The molecule has 1 aliphatic heterocycles. The average Bonchev–Trinajstić information content (AvgIpc) is 2.33. The number of halogens is 1. The van der Waals surface area contributed by atoms with Crippen LogP contribution in [0.3, 0.4) is 0 Å². The van der Waals surface area contributed by atoms with Gasteiger partial charge in [-0.25, -0.2) is 9.37 Å². The van der Waals surface area contributed by atoms with E-state index in [0.29, 0.717) is 12.4 Å². The summed E-state index contributed by atoms with van der Waals surface area (Å²) in [5.74, 6) is 0.687. The van der Waals surface area contributed by atoms with Crippen LogP contribution in [0.2, 0.25) is 0 Å². The van der Waals surface area contributed by atoms with Gasteiger partial charge in [0, 0.05) is 31.9 Å². The molecule has 0 spiro atoms. The number of pyridine rings is 1. The molecule has 0 aromatic carbocycles. The zero-order valence-electron chi connectivity index (χ0n) is 9.31. The van der Waals surface area contributed by atoms with Gasteiger partial charge in [0.25, 0.3) is 0 Å². The van der Waals surface area contributed by atoms with E-state index in [9.17, 15) is 4.39 Å². The molecular weight excluding hydrogens is 207 g/mol. The topological polar surface area (TPSA) is 25.4 Å². The number of hydrogen-bond donors (Lipinski definition) is 0. The number of nitrogens with zero attached hydrogens (tertiary/aromatic N) is 2. The van der Waals surface area contributed by atoms with Gasteiger partial charge in [-0.15, -0.1) is 0 Å². The summed E-state index contributed by atoms with van der Waals surface area (Å²) in [6.45, 7) is 2.13. The minimum Gasteiger partial charge on any atom is -0.474 e. The van der Waals surface area contributed by atoms with Gasteiger partial charge in [-0.1, -0.05) is 6.07 Å². The van der Waals surface area contributed by atoms with Gasteiger partial charge in [0.2, 0.25) is 5.88 Å². The highest BCUT2D eigenvalue weighted by Gasteiger charge is 2.20. The van der Waals surface area contributed by atoms with Gasteiger partial charge in [-0.2, -0.15) is 0 Å². The quantitative estimate of drug-likeness (QED) is 0.781. The third-order valence-corrected chi connectivity index (χ3v) is 2.86. The molecule has 1 fully saturated rings. The van der Waals surface area contributed by atoms with E-state index in [1.807, 2.05) is 18.2 Å². The number of hydrogen-bond acceptors (Lipinski definition) is 3. The molecule has 1 aromatic rings. The highest BCUT2D eigenvalue weighted by molar-refractivity contribution is 5.09. The SMILES string of the molecule is FCCN1CCC(Oc2ccccn2)CC1. The van der Waals surface area contributed by atoms with Crippen LogP contribution >= 0.6 is 0 Å². The van der Waals surface area contributed by atoms with E-state index in [-0.39, 0.29) is 12.8 Å². The first-order chi connectivity index (χ1) is 7.88. The highest BCUT2D eigenvalue weighted by atomic mass is 19.1. The fraction of sp³-hybridized carbons (Fsp3) is 0.583. The molecule has 2 rings (SSSR count). The summed E-state index contributed by atoms with van der Waals surface area (Å²) in [6, 6.07) is 5.66. The molecule has 0 aliphatic carbocycles. The predicted molar refractivity (Wildman–Crippen MR) is 60.3 cm³/mol. The second kappa shape index (κ2) is 5.80. The molecule has 0 atom stereocenters. The molecule has 4 heteroatoms. The molecule has 1 saturated heterocycles. The van der Waals surface area contributed by atoms with Crippen LogP contribution in [0.5, 0.6) is 5.88 Å². The Labute approximate surface area is 95.2 Å². The first-order valence-corrected chi connectivity index (χ1v) is 5.74. The predicted octanol–water partition coefficient (Wildman–Crippen LogP) is 1.89. The fourth-order valence-electron chi connectivity index (χ4n) is 1.96. The lowest BCUT2D eigenvalue weighted by Crippen LogP contribution is -2.39. The van der Waals surface area contributed by atoms with Crippen LogP contribution in [0, 0.1) is 0 Å². The van der Waals surface area contributed by atoms with Crippen LogP contribution in [0.4, 0.5) is 4.39 Å². The first-order valence-electron chi connectivity index (χ1n) is 5.74. The van der Waals surface area contributed by atoms with Crippen molar-refractivity contribution in [1.82, 2.24) is 9.88 Å². The first kappa shape index (κ1) is 11.3. The summed E-state index contributed by atoms with van der Waals surface area (Å²) in [5, 5.41) is 0. The largest absolute Gasteiger partial charge is 0.474 e. The minimum atomic E-state index is -0.258. The Morgan fingerprint density at radius 1 is 1.38 bits per heavy atom. The Kier molecular flexibility index (Phi) is 4.10. The molecule has 2 heterocycles. The summed E-state index contributed by atoms with van der Waals surface area (Å²) >= 11 is 0. The zero-order valence-corrected chi connectivity index (χ0v) is 9.31. The summed E-state index contributed by atoms with van der Waals surface area (Å²) < 4.78 is 17.9. The fourth-order valence-corrected chi connectivity index (χ4v) is 1.96. The maximum Gasteiger partial charge on any atom is 0.213 e. The summed E-state index contributed by atoms with van der Waals surface area (Å²) in [6.07, 6.45) is 3.87. The van der Waals surface area contributed by atoms with E-state index in [2.05, 4.69) is 9.88 Å². The summed E-state index contributed by atoms with van der Waals surface area (Å²) in [5.41, 5.74) is 0. The number of aromatic nitrogens is 1. The van der Waals surface area contributed by atoms with Gasteiger partial charge < -0.3 is 9.64 Å². The highest BCUT2D eigenvalue weighted by Crippen LogP contribution is 2.16. The van der Waals surface area contributed by atoms with E-state index < -0.39 is 0 Å². The van der Waals surface area contributed by atoms with Crippen molar-refractivity contribution >= 4 is 0 Å². The lowest BCUT2D eigenvalue weighted by Gasteiger charge is -2.31. The van der Waals surface area contributed by atoms with Gasteiger partial charge >= 0.3 is 0 Å². The van der Waals surface area contributed by atoms with Crippen LogP contribution in [-0.2, 0) is 0 Å². The van der Waals surface area contributed by atoms with Crippen LogP contribution in [0.1, 0.15) is 12.8 Å².